The molecule has 0 unspecified atom stereocenters. The second kappa shape index (κ2) is 2.93. The summed E-state index contributed by atoms with van der Waals surface area (Å²) in [4.78, 5) is 10.3. The van der Waals surface area contributed by atoms with Crippen molar-refractivity contribution in [3.8, 4) is 0 Å². The van der Waals surface area contributed by atoms with Gasteiger partial charge in [-0.3, -0.25) is 0 Å². The van der Waals surface area contributed by atoms with E-state index in [0.717, 1.165) is 6.26 Å². The highest BCUT2D eigenvalue weighted by Crippen LogP contribution is 2.20. The second-order valence-corrected chi connectivity index (χ2v) is 5.08. The standard InChI is InChI=1S/C7H6ClN3O2S/c1-14(12,13)7-10-5(8)4-2-3-9-6(4)11-7/h2-3H,1H3,(H,9,10,11). The molecule has 0 fully saturated rings. The molecule has 0 atom stereocenters. The molecule has 74 valence electrons. The number of hydrogen-bond donors (Lipinski definition) is 1. The number of fused-ring (bicyclic) bond motifs is 1. The van der Waals surface area contributed by atoms with Crippen molar-refractivity contribution in [1.82, 2.24) is 15.0 Å². The van der Waals surface area contributed by atoms with Crippen molar-refractivity contribution in [2.45, 2.75) is 5.16 Å². The van der Waals surface area contributed by atoms with Crippen LogP contribution >= 0.6 is 11.6 Å². The van der Waals surface area contributed by atoms with E-state index in [4.69, 9.17) is 11.6 Å². The number of aromatic amines is 1. The minimum atomic E-state index is -3.42. The van der Waals surface area contributed by atoms with Crippen LogP contribution < -0.4 is 0 Å². The van der Waals surface area contributed by atoms with E-state index in [1.807, 2.05) is 0 Å². The van der Waals surface area contributed by atoms with Gasteiger partial charge >= 0.3 is 0 Å². The Bertz CT molecular complexity index is 590. The van der Waals surface area contributed by atoms with Crippen LogP contribution in [0.3, 0.4) is 0 Å². The number of halogens is 1. The van der Waals surface area contributed by atoms with Gasteiger partial charge in [0.05, 0.1) is 5.39 Å². The molecule has 5 nitrogen and oxygen atoms in total. The molecule has 7 heteroatoms. The van der Waals surface area contributed by atoms with Crippen molar-refractivity contribution in [3.63, 3.8) is 0 Å². The van der Waals surface area contributed by atoms with E-state index < -0.39 is 9.84 Å². The van der Waals surface area contributed by atoms with Gasteiger partial charge in [0.15, 0.2) is 0 Å². The fraction of sp³-hybridized carbons (Fsp3) is 0.143. The Hall–Kier alpha value is -1.14. The number of rotatable bonds is 1. The maximum absolute atomic E-state index is 11.2. The zero-order valence-electron chi connectivity index (χ0n) is 7.15. The van der Waals surface area contributed by atoms with Crippen LogP contribution in [0.1, 0.15) is 0 Å². The average Bonchev–Trinajstić information content (AvgIpc) is 2.50. The van der Waals surface area contributed by atoms with Crippen LogP contribution in [0.25, 0.3) is 11.0 Å². The number of H-pyrrole nitrogens is 1. The largest absolute Gasteiger partial charge is 0.346 e. The second-order valence-electron chi connectivity index (χ2n) is 2.81. The number of nitrogens with one attached hydrogen (secondary N) is 1. The minimum Gasteiger partial charge on any atom is -0.346 e. The highest BCUT2D eigenvalue weighted by Gasteiger charge is 2.14. The fourth-order valence-electron chi connectivity index (χ4n) is 1.05. The van der Waals surface area contributed by atoms with Gasteiger partial charge in [0.1, 0.15) is 10.8 Å². The lowest BCUT2D eigenvalue weighted by Gasteiger charge is -1.97. The van der Waals surface area contributed by atoms with Crippen LogP contribution in [0.5, 0.6) is 0 Å². The summed E-state index contributed by atoms with van der Waals surface area (Å²) in [5.74, 6) is 0. The zero-order chi connectivity index (χ0) is 10.3. The normalized spacial score (nSPS) is 12.1. The van der Waals surface area contributed by atoms with E-state index in [0.29, 0.717) is 11.0 Å². The molecule has 0 amide bonds. The third-order valence-corrected chi connectivity index (χ3v) is 2.81. The van der Waals surface area contributed by atoms with Crippen LogP contribution in [-0.4, -0.2) is 29.6 Å². The molecule has 14 heavy (non-hydrogen) atoms. The van der Waals surface area contributed by atoms with Gasteiger partial charge in [0.25, 0.3) is 0 Å². The van der Waals surface area contributed by atoms with E-state index in [1.165, 1.54) is 0 Å². The molecule has 2 aromatic heterocycles. The van der Waals surface area contributed by atoms with Crippen molar-refractivity contribution in [2.75, 3.05) is 6.26 Å². The predicted molar refractivity (Wildman–Crippen MR) is 52.0 cm³/mol. The van der Waals surface area contributed by atoms with E-state index in [9.17, 15) is 8.42 Å². The van der Waals surface area contributed by atoms with Crippen LogP contribution in [0.15, 0.2) is 17.4 Å². The van der Waals surface area contributed by atoms with Gasteiger partial charge in [0, 0.05) is 12.5 Å². The van der Waals surface area contributed by atoms with E-state index in [1.54, 1.807) is 12.3 Å². The third-order valence-electron chi connectivity index (χ3n) is 1.68. The van der Waals surface area contributed by atoms with Crippen molar-refractivity contribution in [3.05, 3.63) is 17.4 Å². The first-order valence-electron chi connectivity index (χ1n) is 3.69. The lowest BCUT2D eigenvalue weighted by Crippen LogP contribution is -2.04. The quantitative estimate of drug-likeness (QED) is 0.587. The first-order chi connectivity index (χ1) is 6.48. The van der Waals surface area contributed by atoms with E-state index >= 15 is 0 Å². The minimum absolute atomic E-state index is 0.136. The molecule has 0 spiro atoms. The molecule has 0 aliphatic carbocycles. The molecule has 0 aliphatic rings. The first-order valence-corrected chi connectivity index (χ1v) is 5.96. The number of hydrogen-bond acceptors (Lipinski definition) is 4. The Morgan fingerprint density at radius 3 is 2.79 bits per heavy atom. The number of nitrogens with zero attached hydrogens (tertiary/aromatic N) is 2. The van der Waals surface area contributed by atoms with Gasteiger partial charge in [-0.2, -0.15) is 0 Å². The summed E-state index contributed by atoms with van der Waals surface area (Å²) in [6.07, 6.45) is 2.66. The van der Waals surface area contributed by atoms with Crippen LogP contribution in [0.4, 0.5) is 0 Å². The SMILES string of the molecule is CS(=O)(=O)c1nc(Cl)c2cc[nH]c2n1. The highest BCUT2D eigenvalue weighted by atomic mass is 35.5. The monoisotopic (exact) mass is 231 g/mol. The van der Waals surface area contributed by atoms with Gasteiger partial charge in [-0.15, -0.1) is 0 Å². The zero-order valence-corrected chi connectivity index (χ0v) is 8.72. The smallest absolute Gasteiger partial charge is 0.250 e. The predicted octanol–water partition coefficient (Wildman–Crippen LogP) is 1.01. The van der Waals surface area contributed by atoms with Crippen LogP contribution in [0, 0.1) is 0 Å². The summed E-state index contributed by atoms with van der Waals surface area (Å²) >= 11 is 5.77. The van der Waals surface area contributed by atoms with Gasteiger partial charge in [-0.05, 0) is 6.07 Å². The maximum Gasteiger partial charge on any atom is 0.250 e. The lowest BCUT2D eigenvalue weighted by molar-refractivity contribution is 0.593. The molecule has 0 saturated heterocycles. The number of aromatic nitrogens is 3. The molecular weight excluding hydrogens is 226 g/mol. The lowest BCUT2D eigenvalue weighted by atomic mass is 10.4. The Morgan fingerprint density at radius 2 is 2.14 bits per heavy atom. The summed E-state index contributed by atoms with van der Waals surface area (Å²) in [6.45, 7) is 0. The van der Waals surface area contributed by atoms with Gasteiger partial charge < -0.3 is 4.98 Å². The van der Waals surface area contributed by atoms with Crippen molar-refractivity contribution in [2.24, 2.45) is 0 Å². The molecule has 2 aromatic rings. The van der Waals surface area contributed by atoms with Crippen molar-refractivity contribution in [1.29, 1.82) is 0 Å². The molecule has 2 heterocycles. The Labute approximate surface area is 85.1 Å². The highest BCUT2D eigenvalue weighted by molar-refractivity contribution is 7.90. The average molecular weight is 232 g/mol. The molecule has 0 saturated carbocycles. The topological polar surface area (TPSA) is 75.7 Å². The van der Waals surface area contributed by atoms with Crippen LogP contribution in [-0.2, 0) is 9.84 Å². The van der Waals surface area contributed by atoms with Gasteiger partial charge in [0.2, 0.25) is 15.0 Å². The molecule has 0 bridgehead atoms. The molecule has 0 aromatic carbocycles. The van der Waals surface area contributed by atoms with E-state index in [-0.39, 0.29) is 10.3 Å². The molecule has 0 radical (unpaired) electrons. The summed E-state index contributed by atoms with van der Waals surface area (Å²) < 4.78 is 22.3. The first kappa shape index (κ1) is 9.42. The summed E-state index contributed by atoms with van der Waals surface area (Å²) in [7, 11) is -3.42. The maximum atomic E-state index is 11.2. The van der Waals surface area contributed by atoms with Gasteiger partial charge in [-0.1, -0.05) is 11.6 Å². The fourth-order valence-corrected chi connectivity index (χ4v) is 1.85. The Morgan fingerprint density at radius 1 is 1.43 bits per heavy atom. The van der Waals surface area contributed by atoms with Crippen molar-refractivity contribution < 1.29 is 8.42 Å². The molecular formula is C7H6ClN3O2S. The summed E-state index contributed by atoms with van der Waals surface area (Å²) in [5, 5.41) is 0.480. The molecule has 2 rings (SSSR count). The van der Waals surface area contributed by atoms with Crippen LogP contribution in [0.2, 0.25) is 5.15 Å². The van der Waals surface area contributed by atoms with Crippen molar-refractivity contribution >= 4 is 32.5 Å². The summed E-state index contributed by atoms with van der Waals surface area (Å²) in [6, 6.07) is 1.68. The summed E-state index contributed by atoms with van der Waals surface area (Å²) in [5.41, 5.74) is 0.422. The van der Waals surface area contributed by atoms with Gasteiger partial charge in [-0.25, -0.2) is 18.4 Å². The Balaban J connectivity index is 2.83. The molecule has 1 N–H and O–H groups in total. The molecule has 0 aliphatic heterocycles. The van der Waals surface area contributed by atoms with E-state index in [2.05, 4.69) is 15.0 Å². The third kappa shape index (κ3) is 1.46. The Kier molecular flexibility index (Phi) is 1.97. The number of sulfone groups is 1.